The summed E-state index contributed by atoms with van der Waals surface area (Å²) in [6, 6.07) is 7.59. The maximum atomic E-state index is 11.4. The van der Waals surface area contributed by atoms with Gasteiger partial charge in [0.15, 0.2) is 5.65 Å². The van der Waals surface area contributed by atoms with Crippen LogP contribution in [0.4, 0.5) is 0 Å². The van der Waals surface area contributed by atoms with E-state index in [-0.39, 0.29) is 0 Å². The molecule has 4 aromatic rings. The van der Waals surface area contributed by atoms with E-state index in [2.05, 4.69) is 15.1 Å². The molecule has 0 unspecified atom stereocenters. The minimum absolute atomic E-state index is 0.534. The van der Waals surface area contributed by atoms with E-state index in [0.717, 1.165) is 53.3 Å². The van der Waals surface area contributed by atoms with Gasteiger partial charge in [0.05, 0.1) is 22.1 Å². The SMILES string of the molecule is Cc1nc(-c2nn3c(c2-c2ccc4ncnn4c2/C=C/C(N)=O)CCC3)ccc1Cl. The topological polar surface area (TPSA) is 104 Å². The highest BCUT2D eigenvalue weighted by Gasteiger charge is 2.26. The van der Waals surface area contributed by atoms with Crippen molar-refractivity contribution in [3.05, 3.63) is 58.8 Å². The molecule has 0 aromatic carbocycles. The van der Waals surface area contributed by atoms with E-state index in [1.807, 2.05) is 35.9 Å². The molecule has 1 amide bonds. The number of aromatic nitrogens is 6. The second-order valence-corrected chi connectivity index (χ2v) is 7.57. The van der Waals surface area contributed by atoms with Crippen molar-refractivity contribution in [2.24, 2.45) is 5.73 Å². The van der Waals surface area contributed by atoms with Gasteiger partial charge in [0.25, 0.3) is 0 Å². The van der Waals surface area contributed by atoms with E-state index in [4.69, 9.17) is 22.4 Å². The normalized spacial score (nSPS) is 13.4. The van der Waals surface area contributed by atoms with E-state index in [1.54, 1.807) is 10.6 Å². The molecule has 4 aromatic heterocycles. The van der Waals surface area contributed by atoms with Crippen molar-refractivity contribution in [3.63, 3.8) is 0 Å². The highest BCUT2D eigenvalue weighted by molar-refractivity contribution is 6.31. The van der Waals surface area contributed by atoms with Gasteiger partial charge in [0.1, 0.15) is 12.0 Å². The average molecular weight is 420 g/mol. The lowest BCUT2D eigenvalue weighted by atomic mass is 9.98. The van der Waals surface area contributed by atoms with Gasteiger partial charge < -0.3 is 5.73 Å². The van der Waals surface area contributed by atoms with Gasteiger partial charge >= 0.3 is 0 Å². The van der Waals surface area contributed by atoms with Gasteiger partial charge in [0, 0.05) is 29.4 Å². The first-order chi connectivity index (χ1) is 14.5. The molecule has 0 saturated carbocycles. The highest BCUT2D eigenvalue weighted by atomic mass is 35.5. The van der Waals surface area contributed by atoms with Crippen LogP contribution >= 0.6 is 11.6 Å². The van der Waals surface area contributed by atoms with E-state index in [9.17, 15) is 4.79 Å². The molecule has 1 aliphatic rings. The van der Waals surface area contributed by atoms with Crippen LogP contribution in [-0.2, 0) is 17.8 Å². The fourth-order valence-electron chi connectivity index (χ4n) is 3.91. The first-order valence-electron chi connectivity index (χ1n) is 9.57. The van der Waals surface area contributed by atoms with Gasteiger partial charge in [-0.3, -0.25) is 9.48 Å². The number of aryl methyl sites for hydroxylation is 2. The van der Waals surface area contributed by atoms with Crippen molar-refractivity contribution in [1.82, 2.24) is 29.4 Å². The summed E-state index contributed by atoms with van der Waals surface area (Å²) in [7, 11) is 0. The van der Waals surface area contributed by atoms with Gasteiger partial charge in [-0.2, -0.15) is 10.2 Å². The van der Waals surface area contributed by atoms with E-state index < -0.39 is 5.91 Å². The second-order valence-electron chi connectivity index (χ2n) is 7.16. The molecule has 0 saturated heterocycles. The van der Waals surface area contributed by atoms with Crippen LogP contribution in [-0.4, -0.2) is 35.3 Å². The number of amides is 1. The number of nitrogens with two attached hydrogens (primary N) is 1. The maximum Gasteiger partial charge on any atom is 0.241 e. The van der Waals surface area contributed by atoms with Crippen molar-refractivity contribution < 1.29 is 4.79 Å². The molecular formula is C21H18ClN7O. The van der Waals surface area contributed by atoms with Crippen LogP contribution in [0.3, 0.4) is 0 Å². The van der Waals surface area contributed by atoms with Crippen molar-refractivity contribution in [2.45, 2.75) is 26.3 Å². The molecule has 8 nitrogen and oxygen atoms in total. The maximum absolute atomic E-state index is 11.4. The lowest BCUT2D eigenvalue weighted by Crippen LogP contribution is -2.06. The summed E-state index contributed by atoms with van der Waals surface area (Å²) in [5, 5.41) is 9.81. The summed E-state index contributed by atoms with van der Waals surface area (Å²) in [6.45, 7) is 2.73. The number of carbonyl (C=O) groups is 1. The average Bonchev–Trinajstić information content (AvgIpc) is 3.43. The Labute approximate surface area is 177 Å². The summed E-state index contributed by atoms with van der Waals surface area (Å²) < 4.78 is 3.72. The van der Waals surface area contributed by atoms with Crippen LogP contribution in [0.25, 0.3) is 34.2 Å². The number of nitrogens with zero attached hydrogens (tertiary/aromatic N) is 6. The standard InChI is InChI=1S/C21H18ClN7O/c1-12-14(22)5-6-15(26-12)21-20(17-3-2-10-28(17)27-21)13-4-9-19-24-11-25-29(19)16(13)7-8-18(23)30/h4-9,11H,2-3,10H2,1H3,(H2,23,30)/b8-7+. The molecule has 30 heavy (non-hydrogen) atoms. The van der Waals surface area contributed by atoms with Crippen LogP contribution in [0, 0.1) is 6.92 Å². The third-order valence-electron chi connectivity index (χ3n) is 5.26. The van der Waals surface area contributed by atoms with Crippen molar-refractivity contribution in [2.75, 3.05) is 0 Å². The Hall–Kier alpha value is -3.52. The molecule has 150 valence electrons. The van der Waals surface area contributed by atoms with Crippen molar-refractivity contribution >= 4 is 29.2 Å². The summed E-state index contributed by atoms with van der Waals surface area (Å²) >= 11 is 6.19. The smallest absolute Gasteiger partial charge is 0.241 e. The lowest BCUT2D eigenvalue weighted by molar-refractivity contribution is -0.113. The molecule has 0 bridgehead atoms. The molecule has 1 aliphatic heterocycles. The summed E-state index contributed by atoms with van der Waals surface area (Å²) in [5.74, 6) is -0.534. The van der Waals surface area contributed by atoms with Crippen molar-refractivity contribution in [3.8, 4) is 22.5 Å². The first-order valence-corrected chi connectivity index (χ1v) is 9.94. The highest BCUT2D eigenvalue weighted by Crippen LogP contribution is 2.39. The van der Waals surface area contributed by atoms with Crippen LogP contribution in [0.15, 0.2) is 36.7 Å². The summed E-state index contributed by atoms with van der Waals surface area (Å²) in [5.41, 5.74) is 12.0. The zero-order chi connectivity index (χ0) is 20.8. The van der Waals surface area contributed by atoms with E-state index in [0.29, 0.717) is 16.4 Å². The van der Waals surface area contributed by atoms with Gasteiger partial charge in [-0.05, 0) is 50.1 Å². The fourth-order valence-corrected chi connectivity index (χ4v) is 4.02. The molecule has 5 heterocycles. The van der Waals surface area contributed by atoms with E-state index in [1.165, 1.54) is 12.4 Å². The Morgan fingerprint density at radius 3 is 2.93 bits per heavy atom. The molecule has 0 atom stereocenters. The minimum atomic E-state index is -0.534. The third-order valence-corrected chi connectivity index (χ3v) is 5.66. The Morgan fingerprint density at radius 2 is 2.13 bits per heavy atom. The predicted molar refractivity (Wildman–Crippen MR) is 114 cm³/mol. The molecule has 0 radical (unpaired) electrons. The lowest BCUT2D eigenvalue weighted by Gasteiger charge is -2.11. The molecule has 5 rings (SSSR count). The number of carbonyl (C=O) groups excluding carboxylic acids is 1. The molecule has 9 heteroatoms. The van der Waals surface area contributed by atoms with Crippen LogP contribution < -0.4 is 5.73 Å². The Balaban J connectivity index is 1.81. The third kappa shape index (κ3) is 2.96. The number of rotatable bonds is 4. The number of halogens is 1. The summed E-state index contributed by atoms with van der Waals surface area (Å²) in [4.78, 5) is 20.4. The van der Waals surface area contributed by atoms with Crippen LogP contribution in [0.2, 0.25) is 5.02 Å². The largest absolute Gasteiger partial charge is 0.366 e. The van der Waals surface area contributed by atoms with Gasteiger partial charge in [-0.1, -0.05) is 11.6 Å². The van der Waals surface area contributed by atoms with Crippen molar-refractivity contribution in [1.29, 1.82) is 0 Å². The fraction of sp³-hybridized carbons (Fsp3) is 0.190. The minimum Gasteiger partial charge on any atom is -0.366 e. The second kappa shape index (κ2) is 7.07. The predicted octanol–water partition coefficient (Wildman–Crippen LogP) is 3.06. The van der Waals surface area contributed by atoms with Gasteiger partial charge in [-0.25, -0.2) is 14.5 Å². The van der Waals surface area contributed by atoms with Crippen LogP contribution in [0.1, 0.15) is 23.5 Å². The Morgan fingerprint density at radius 1 is 1.27 bits per heavy atom. The molecule has 0 aliphatic carbocycles. The van der Waals surface area contributed by atoms with E-state index >= 15 is 0 Å². The molecular weight excluding hydrogens is 402 g/mol. The molecule has 0 fully saturated rings. The number of primary amides is 1. The molecule has 0 spiro atoms. The zero-order valence-electron chi connectivity index (χ0n) is 16.2. The molecule has 2 N–H and O–H groups in total. The van der Waals surface area contributed by atoms with Gasteiger partial charge in [0.2, 0.25) is 5.91 Å². The first kappa shape index (κ1) is 18.5. The Kier molecular flexibility index (Phi) is 4.36. The monoisotopic (exact) mass is 419 g/mol. The quantitative estimate of drug-likeness (QED) is 0.512. The number of pyridine rings is 2. The van der Waals surface area contributed by atoms with Crippen LogP contribution in [0.5, 0.6) is 0 Å². The number of fused-ring (bicyclic) bond motifs is 2. The van der Waals surface area contributed by atoms with Gasteiger partial charge in [-0.15, -0.1) is 0 Å². The number of hydrogen-bond donors (Lipinski definition) is 1. The Bertz CT molecular complexity index is 1330. The number of hydrogen-bond acceptors (Lipinski definition) is 5. The summed E-state index contributed by atoms with van der Waals surface area (Å²) in [6.07, 6.45) is 6.41. The zero-order valence-corrected chi connectivity index (χ0v) is 17.0.